The Balaban J connectivity index is 3.14. The fraction of sp³-hybridized carbons (Fsp3) is 1.00. The third-order valence-corrected chi connectivity index (χ3v) is 3.19. The first-order chi connectivity index (χ1) is 7.66. The van der Waals surface area contributed by atoms with E-state index in [0.717, 1.165) is 12.0 Å². The number of hydrogen-bond donors (Lipinski definition) is 1. The van der Waals surface area contributed by atoms with Crippen LogP contribution in [0.25, 0.3) is 0 Å². The minimum atomic E-state index is 0.718. The van der Waals surface area contributed by atoms with Crippen LogP contribution in [0.4, 0.5) is 0 Å². The van der Waals surface area contributed by atoms with Gasteiger partial charge in [0.2, 0.25) is 0 Å². The number of unbranched alkanes of at least 4 members (excludes halogenated alkanes) is 4. The van der Waals surface area contributed by atoms with E-state index < -0.39 is 0 Å². The summed E-state index contributed by atoms with van der Waals surface area (Å²) in [5.74, 6) is 0.867. The molecule has 0 bridgehead atoms. The Kier molecular flexibility index (Phi) is 11.4. The fourth-order valence-corrected chi connectivity index (χ4v) is 2.01. The van der Waals surface area contributed by atoms with Gasteiger partial charge < -0.3 is 5.32 Å². The van der Waals surface area contributed by atoms with E-state index in [1.54, 1.807) is 0 Å². The zero-order valence-corrected chi connectivity index (χ0v) is 12.0. The zero-order valence-electron chi connectivity index (χ0n) is 12.0. The monoisotopic (exact) mass is 227 g/mol. The first-order valence-electron chi connectivity index (χ1n) is 7.40. The molecule has 0 aromatic rings. The maximum Gasteiger partial charge on any atom is 0.00387 e. The Labute approximate surface area is 103 Å². The molecule has 98 valence electrons. The minimum absolute atomic E-state index is 0.718. The second-order valence-electron chi connectivity index (χ2n) is 5.59. The van der Waals surface area contributed by atoms with Crippen molar-refractivity contribution in [3.8, 4) is 0 Å². The molecule has 1 atom stereocenters. The Hall–Kier alpha value is -0.0400. The van der Waals surface area contributed by atoms with E-state index in [1.165, 1.54) is 57.9 Å². The predicted octanol–water partition coefficient (Wildman–Crippen LogP) is 4.76. The van der Waals surface area contributed by atoms with Gasteiger partial charge in [0.05, 0.1) is 0 Å². The lowest BCUT2D eigenvalue weighted by molar-refractivity contribution is 0.459. The van der Waals surface area contributed by atoms with Gasteiger partial charge in [-0.3, -0.25) is 0 Å². The average molecular weight is 227 g/mol. The highest BCUT2D eigenvalue weighted by Crippen LogP contribution is 2.07. The van der Waals surface area contributed by atoms with Crippen LogP contribution in [0, 0.1) is 5.92 Å². The van der Waals surface area contributed by atoms with Crippen molar-refractivity contribution < 1.29 is 0 Å². The summed E-state index contributed by atoms with van der Waals surface area (Å²) in [5, 5.41) is 3.63. The van der Waals surface area contributed by atoms with E-state index in [0.29, 0.717) is 0 Å². The van der Waals surface area contributed by atoms with E-state index in [4.69, 9.17) is 0 Å². The molecule has 0 aliphatic carbocycles. The molecule has 0 aromatic heterocycles. The van der Waals surface area contributed by atoms with E-state index >= 15 is 0 Å². The molecule has 0 heterocycles. The van der Waals surface area contributed by atoms with Crippen LogP contribution in [0.2, 0.25) is 0 Å². The minimum Gasteiger partial charge on any atom is -0.314 e. The molecule has 0 saturated heterocycles. The van der Waals surface area contributed by atoms with Gasteiger partial charge in [0.25, 0.3) is 0 Å². The largest absolute Gasteiger partial charge is 0.314 e. The van der Waals surface area contributed by atoms with Crippen LogP contribution in [0.15, 0.2) is 0 Å². The first-order valence-corrected chi connectivity index (χ1v) is 7.40. The van der Waals surface area contributed by atoms with Crippen molar-refractivity contribution in [1.82, 2.24) is 5.32 Å². The number of nitrogens with one attached hydrogen (secondary N) is 1. The lowest BCUT2D eigenvalue weighted by Gasteiger charge is -2.13. The van der Waals surface area contributed by atoms with Crippen molar-refractivity contribution >= 4 is 0 Å². The molecule has 0 fully saturated rings. The average Bonchev–Trinajstić information content (AvgIpc) is 2.23. The van der Waals surface area contributed by atoms with Crippen molar-refractivity contribution in [2.75, 3.05) is 6.54 Å². The predicted molar refractivity (Wildman–Crippen MR) is 74.9 cm³/mol. The van der Waals surface area contributed by atoms with Gasteiger partial charge in [-0.15, -0.1) is 0 Å². The number of rotatable bonds is 11. The molecule has 0 saturated carbocycles. The van der Waals surface area contributed by atoms with Gasteiger partial charge in [-0.1, -0.05) is 59.3 Å². The molecule has 1 nitrogen and oxygen atoms in total. The third kappa shape index (κ3) is 12.0. The maximum absolute atomic E-state index is 3.63. The van der Waals surface area contributed by atoms with E-state index in [2.05, 4.69) is 33.0 Å². The lowest BCUT2D eigenvalue weighted by atomic mass is 10.1. The fourth-order valence-electron chi connectivity index (χ4n) is 2.01. The van der Waals surface area contributed by atoms with Crippen molar-refractivity contribution in [2.45, 2.75) is 85.1 Å². The van der Waals surface area contributed by atoms with Crippen LogP contribution in [0.3, 0.4) is 0 Å². The molecule has 16 heavy (non-hydrogen) atoms. The zero-order chi connectivity index (χ0) is 12.2. The Morgan fingerprint density at radius 1 is 0.812 bits per heavy atom. The molecule has 0 spiro atoms. The Morgan fingerprint density at radius 3 is 2.12 bits per heavy atom. The van der Waals surface area contributed by atoms with Crippen LogP contribution in [0.5, 0.6) is 0 Å². The van der Waals surface area contributed by atoms with Crippen molar-refractivity contribution in [1.29, 1.82) is 0 Å². The van der Waals surface area contributed by atoms with Gasteiger partial charge in [0.1, 0.15) is 0 Å². The van der Waals surface area contributed by atoms with E-state index in [-0.39, 0.29) is 0 Å². The van der Waals surface area contributed by atoms with Crippen LogP contribution < -0.4 is 5.32 Å². The molecule has 0 radical (unpaired) electrons. The summed E-state index contributed by atoms with van der Waals surface area (Å²) >= 11 is 0. The first kappa shape index (κ1) is 16.0. The van der Waals surface area contributed by atoms with Gasteiger partial charge >= 0.3 is 0 Å². The highest BCUT2D eigenvalue weighted by Gasteiger charge is 2.00. The van der Waals surface area contributed by atoms with Crippen molar-refractivity contribution in [2.24, 2.45) is 5.92 Å². The highest BCUT2D eigenvalue weighted by atomic mass is 14.9. The van der Waals surface area contributed by atoms with Crippen LogP contribution in [-0.4, -0.2) is 12.6 Å². The molecule has 1 N–H and O–H groups in total. The summed E-state index contributed by atoms with van der Waals surface area (Å²) in [7, 11) is 0. The van der Waals surface area contributed by atoms with E-state index in [9.17, 15) is 0 Å². The lowest BCUT2D eigenvalue weighted by Crippen LogP contribution is -2.26. The SMILES string of the molecule is CCCCCCC(C)NCCCCC(C)C. The van der Waals surface area contributed by atoms with E-state index in [1.807, 2.05) is 0 Å². The molecule has 1 unspecified atom stereocenters. The van der Waals surface area contributed by atoms with Gasteiger partial charge in [-0.25, -0.2) is 0 Å². The van der Waals surface area contributed by atoms with Crippen molar-refractivity contribution in [3.63, 3.8) is 0 Å². The Morgan fingerprint density at radius 2 is 1.50 bits per heavy atom. The summed E-state index contributed by atoms with van der Waals surface area (Å²) in [6.45, 7) is 10.4. The topological polar surface area (TPSA) is 12.0 Å². The molecule has 0 amide bonds. The van der Waals surface area contributed by atoms with Gasteiger partial charge in [-0.2, -0.15) is 0 Å². The summed E-state index contributed by atoms with van der Waals surface area (Å²) < 4.78 is 0. The maximum atomic E-state index is 3.63. The third-order valence-electron chi connectivity index (χ3n) is 3.19. The normalized spacial score (nSPS) is 13.3. The second kappa shape index (κ2) is 11.4. The van der Waals surface area contributed by atoms with Crippen molar-refractivity contribution in [3.05, 3.63) is 0 Å². The van der Waals surface area contributed by atoms with Crippen LogP contribution in [0.1, 0.15) is 79.1 Å². The van der Waals surface area contributed by atoms with Gasteiger partial charge in [0.15, 0.2) is 0 Å². The number of hydrogen-bond acceptors (Lipinski definition) is 1. The molecule has 0 aromatic carbocycles. The molecular formula is C15H33N. The summed E-state index contributed by atoms with van der Waals surface area (Å²) in [5.41, 5.74) is 0. The molecular weight excluding hydrogens is 194 g/mol. The van der Waals surface area contributed by atoms with Gasteiger partial charge in [-0.05, 0) is 32.2 Å². The van der Waals surface area contributed by atoms with Crippen LogP contribution in [-0.2, 0) is 0 Å². The molecule has 0 rings (SSSR count). The molecule has 1 heteroatoms. The summed E-state index contributed by atoms with van der Waals surface area (Å²) in [4.78, 5) is 0. The molecule has 0 aliphatic rings. The highest BCUT2D eigenvalue weighted by molar-refractivity contribution is 4.61. The summed E-state index contributed by atoms with van der Waals surface area (Å²) in [6, 6.07) is 0.718. The Bertz CT molecular complexity index is 131. The quantitative estimate of drug-likeness (QED) is 0.502. The summed E-state index contributed by atoms with van der Waals surface area (Å²) in [6.07, 6.45) is 11.0. The molecule has 0 aliphatic heterocycles. The van der Waals surface area contributed by atoms with Crippen LogP contribution >= 0.6 is 0 Å². The standard InChI is InChI=1S/C15H33N/c1-5-6-7-8-12-15(4)16-13-10-9-11-14(2)3/h14-16H,5-13H2,1-4H3. The smallest absolute Gasteiger partial charge is 0.00387 e. The second-order valence-corrected chi connectivity index (χ2v) is 5.59. The van der Waals surface area contributed by atoms with Gasteiger partial charge in [0, 0.05) is 6.04 Å².